The molecule has 2 nitrogen and oxygen atoms in total. The van der Waals surface area contributed by atoms with E-state index in [1.165, 1.54) is 42.1 Å². The molecule has 49 heavy (non-hydrogen) atoms. The third-order valence-electron chi connectivity index (χ3n) is 9.63. The van der Waals surface area contributed by atoms with E-state index in [1.807, 2.05) is 17.4 Å². The van der Waals surface area contributed by atoms with Gasteiger partial charge in [-0.15, -0.1) is 11.3 Å². The molecule has 0 fully saturated rings. The van der Waals surface area contributed by atoms with Crippen LogP contribution in [0.2, 0.25) is 0 Å². The summed E-state index contributed by atoms with van der Waals surface area (Å²) in [7, 11) is 0. The molecule has 0 spiro atoms. The van der Waals surface area contributed by atoms with Gasteiger partial charge < -0.3 is 9.32 Å². The predicted octanol–water partition coefficient (Wildman–Crippen LogP) is 13.9. The van der Waals surface area contributed by atoms with Crippen LogP contribution in [0.15, 0.2) is 180 Å². The monoisotopic (exact) mass is 643 g/mol. The van der Waals surface area contributed by atoms with Gasteiger partial charge in [-0.3, -0.25) is 0 Å². The Morgan fingerprint density at radius 1 is 0.408 bits per heavy atom. The van der Waals surface area contributed by atoms with Gasteiger partial charge in [-0.1, -0.05) is 140 Å². The molecule has 2 aromatic heterocycles. The van der Waals surface area contributed by atoms with E-state index >= 15 is 0 Å². The van der Waals surface area contributed by atoms with Crippen molar-refractivity contribution in [2.24, 2.45) is 0 Å². The first-order chi connectivity index (χ1) is 24.3. The van der Waals surface area contributed by atoms with Crippen LogP contribution in [0, 0.1) is 0 Å². The van der Waals surface area contributed by atoms with Gasteiger partial charge in [0.2, 0.25) is 0 Å². The van der Waals surface area contributed by atoms with E-state index in [9.17, 15) is 0 Å². The molecule has 0 amide bonds. The highest BCUT2D eigenvalue weighted by atomic mass is 32.1. The van der Waals surface area contributed by atoms with E-state index in [0.29, 0.717) is 0 Å². The van der Waals surface area contributed by atoms with Crippen LogP contribution >= 0.6 is 11.3 Å². The zero-order chi connectivity index (χ0) is 32.3. The number of nitrogens with zero attached hydrogens (tertiary/aromatic N) is 1. The van der Waals surface area contributed by atoms with Crippen molar-refractivity contribution in [3.8, 4) is 22.3 Å². The molecule has 0 N–H and O–H groups in total. The Morgan fingerprint density at radius 3 is 1.94 bits per heavy atom. The SMILES string of the molecule is c1ccc(-c2cccc(N(c3cc(-c4ccccc4)c4c(c3)oc3ccccc34)c3cccc4c3sc3c5ccccc5ccc43)c2)cc1. The number of benzene rings is 8. The highest BCUT2D eigenvalue weighted by molar-refractivity contribution is 7.27. The van der Waals surface area contributed by atoms with Crippen molar-refractivity contribution in [3.63, 3.8) is 0 Å². The number of hydrogen-bond donors (Lipinski definition) is 0. The number of furan rings is 1. The second-order valence-electron chi connectivity index (χ2n) is 12.5. The first-order valence-electron chi connectivity index (χ1n) is 16.6. The molecule has 0 unspecified atom stereocenters. The average molecular weight is 644 g/mol. The van der Waals surface area contributed by atoms with Gasteiger partial charge in [0.05, 0.1) is 16.1 Å². The molecule has 0 bridgehead atoms. The number of thiophene rings is 1. The Bertz CT molecular complexity index is 2830. The van der Waals surface area contributed by atoms with Gasteiger partial charge in [-0.25, -0.2) is 0 Å². The molecule has 2 heterocycles. The maximum Gasteiger partial charge on any atom is 0.138 e. The molecule has 10 aromatic rings. The number of rotatable bonds is 5. The maximum absolute atomic E-state index is 6.63. The van der Waals surface area contributed by atoms with Gasteiger partial charge >= 0.3 is 0 Å². The van der Waals surface area contributed by atoms with Crippen molar-refractivity contribution < 1.29 is 4.42 Å². The molecular formula is C46H29NOS. The lowest BCUT2D eigenvalue weighted by atomic mass is 9.97. The lowest BCUT2D eigenvalue weighted by Crippen LogP contribution is -2.10. The maximum atomic E-state index is 6.63. The Hall–Kier alpha value is -6.16. The second kappa shape index (κ2) is 11.2. The molecule has 0 radical (unpaired) electrons. The van der Waals surface area contributed by atoms with E-state index < -0.39 is 0 Å². The molecular weight excluding hydrogens is 615 g/mol. The summed E-state index contributed by atoms with van der Waals surface area (Å²) in [5, 5.41) is 7.36. The lowest BCUT2D eigenvalue weighted by molar-refractivity contribution is 0.669. The molecule has 8 aromatic carbocycles. The van der Waals surface area contributed by atoms with Crippen molar-refractivity contribution in [1.82, 2.24) is 0 Å². The first-order valence-corrected chi connectivity index (χ1v) is 17.4. The highest BCUT2D eigenvalue weighted by Gasteiger charge is 2.22. The zero-order valence-electron chi connectivity index (χ0n) is 26.5. The van der Waals surface area contributed by atoms with Crippen LogP contribution in [0.4, 0.5) is 17.1 Å². The molecule has 230 valence electrons. The van der Waals surface area contributed by atoms with E-state index in [-0.39, 0.29) is 0 Å². The minimum atomic E-state index is 0.872. The van der Waals surface area contributed by atoms with E-state index in [0.717, 1.165) is 50.1 Å². The number of hydrogen-bond acceptors (Lipinski definition) is 3. The van der Waals surface area contributed by atoms with Crippen molar-refractivity contribution >= 4 is 81.3 Å². The van der Waals surface area contributed by atoms with Crippen LogP contribution in [0.1, 0.15) is 0 Å². The summed E-state index contributed by atoms with van der Waals surface area (Å²) >= 11 is 1.88. The van der Waals surface area contributed by atoms with Crippen molar-refractivity contribution in [2.45, 2.75) is 0 Å². The molecule has 10 rings (SSSR count). The van der Waals surface area contributed by atoms with E-state index in [2.05, 4.69) is 175 Å². The summed E-state index contributed by atoms with van der Waals surface area (Å²) in [5.74, 6) is 0. The normalized spacial score (nSPS) is 11.7. The molecule has 0 aliphatic carbocycles. The fourth-order valence-electron chi connectivity index (χ4n) is 7.38. The summed E-state index contributed by atoms with van der Waals surface area (Å²) in [6.45, 7) is 0. The Balaban J connectivity index is 1.29. The largest absolute Gasteiger partial charge is 0.456 e. The number of fused-ring (bicyclic) bond motifs is 8. The third kappa shape index (κ3) is 4.55. The van der Waals surface area contributed by atoms with Crippen LogP contribution < -0.4 is 4.90 Å². The van der Waals surface area contributed by atoms with Crippen LogP contribution in [0.5, 0.6) is 0 Å². The van der Waals surface area contributed by atoms with Crippen molar-refractivity contribution in [2.75, 3.05) is 4.90 Å². The Kier molecular flexibility index (Phi) is 6.39. The molecule has 0 saturated heterocycles. The van der Waals surface area contributed by atoms with Gasteiger partial charge in [-0.05, 0) is 63.4 Å². The topological polar surface area (TPSA) is 16.4 Å². The summed E-state index contributed by atoms with van der Waals surface area (Å²) in [5.41, 5.74) is 9.71. The van der Waals surface area contributed by atoms with Gasteiger partial charge in [-0.2, -0.15) is 0 Å². The fraction of sp³-hybridized carbons (Fsp3) is 0. The average Bonchev–Trinajstić information content (AvgIpc) is 3.75. The second-order valence-corrected chi connectivity index (χ2v) is 13.5. The standard InChI is InChI=1S/C46H29NOS/c1-3-13-30(14-4-1)33-18-11-19-34(27-33)47(41-23-12-22-37-38-26-25-32-17-7-8-20-36(32)45(38)49-46(37)41)35-28-40(31-15-5-2-6-16-31)44-39-21-9-10-24-42(39)48-43(44)29-35/h1-29H. The number of para-hydroxylation sites is 1. The smallest absolute Gasteiger partial charge is 0.138 e. The van der Waals surface area contributed by atoms with Crippen LogP contribution in [-0.4, -0.2) is 0 Å². The highest BCUT2D eigenvalue weighted by Crippen LogP contribution is 2.49. The summed E-state index contributed by atoms with van der Waals surface area (Å²) < 4.78 is 9.20. The van der Waals surface area contributed by atoms with Crippen molar-refractivity contribution in [1.29, 1.82) is 0 Å². The number of anilines is 3. The minimum Gasteiger partial charge on any atom is -0.456 e. The molecule has 0 aliphatic heterocycles. The van der Waals surface area contributed by atoms with E-state index in [1.54, 1.807) is 0 Å². The van der Waals surface area contributed by atoms with Gasteiger partial charge in [0.1, 0.15) is 11.2 Å². The van der Waals surface area contributed by atoms with Gasteiger partial charge in [0.15, 0.2) is 0 Å². The van der Waals surface area contributed by atoms with Gasteiger partial charge in [0.25, 0.3) is 0 Å². The van der Waals surface area contributed by atoms with Crippen LogP contribution in [0.3, 0.4) is 0 Å². The molecule has 0 aliphatic rings. The molecule has 3 heteroatoms. The zero-order valence-corrected chi connectivity index (χ0v) is 27.3. The predicted molar refractivity (Wildman–Crippen MR) is 210 cm³/mol. The van der Waals surface area contributed by atoms with Crippen molar-refractivity contribution in [3.05, 3.63) is 176 Å². The summed E-state index contributed by atoms with van der Waals surface area (Å²) in [6, 6.07) is 63.1. The Morgan fingerprint density at radius 2 is 1.08 bits per heavy atom. The van der Waals surface area contributed by atoms with Crippen LogP contribution in [0.25, 0.3) is 75.1 Å². The minimum absolute atomic E-state index is 0.872. The van der Waals surface area contributed by atoms with E-state index in [4.69, 9.17) is 4.42 Å². The Labute approximate surface area is 287 Å². The lowest BCUT2D eigenvalue weighted by Gasteiger charge is -2.27. The first kappa shape index (κ1) is 27.9. The fourth-order valence-corrected chi connectivity index (χ4v) is 8.72. The molecule has 0 saturated carbocycles. The van der Waals surface area contributed by atoms with Gasteiger partial charge in [0, 0.05) is 38.0 Å². The molecule has 0 atom stereocenters. The quantitative estimate of drug-likeness (QED) is 0.186. The summed E-state index contributed by atoms with van der Waals surface area (Å²) in [4.78, 5) is 2.42. The third-order valence-corrected chi connectivity index (χ3v) is 10.9. The summed E-state index contributed by atoms with van der Waals surface area (Å²) in [6.07, 6.45) is 0. The van der Waals surface area contributed by atoms with Crippen LogP contribution in [-0.2, 0) is 0 Å².